The third kappa shape index (κ3) is 2.91. The van der Waals surface area contributed by atoms with Crippen LogP contribution < -0.4 is 5.32 Å². The van der Waals surface area contributed by atoms with Gasteiger partial charge in [-0.15, -0.1) is 0 Å². The van der Waals surface area contributed by atoms with Crippen molar-refractivity contribution in [1.29, 1.82) is 0 Å². The van der Waals surface area contributed by atoms with Crippen molar-refractivity contribution in [2.24, 2.45) is 0 Å². The first kappa shape index (κ1) is 15.8. The largest absolute Gasteiger partial charge is 0.340 e. The molecule has 0 bridgehead atoms. The molecule has 2 amide bonds. The van der Waals surface area contributed by atoms with Crippen LogP contribution in [0.1, 0.15) is 45.7 Å². The predicted molar refractivity (Wildman–Crippen MR) is 83.0 cm³/mol. The first-order valence-electron chi connectivity index (χ1n) is 7.18. The van der Waals surface area contributed by atoms with Crippen molar-refractivity contribution in [3.8, 4) is 0 Å². The molecule has 0 aromatic heterocycles. The summed E-state index contributed by atoms with van der Waals surface area (Å²) in [6, 6.07) is 6.78. The summed E-state index contributed by atoms with van der Waals surface area (Å²) in [6.07, 6.45) is 0.589. The maximum Gasteiger partial charge on any atom is 0.248 e. The highest BCUT2D eigenvalue weighted by Crippen LogP contribution is 2.30. The number of nitrogens with zero attached hydrogens (tertiary/aromatic N) is 1. The molecule has 2 unspecified atom stereocenters. The SMILES string of the molecule is CCC1C(=O)NC(C)(C)C(=O)N1C(C)c1ccc(Cl)cc1. The normalized spacial score (nSPS) is 22.9. The molecule has 0 saturated carbocycles. The van der Waals surface area contributed by atoms with Gasteiger partial charge in [0.1, 0.15) is 11.6 Å². The average molecular weight is 309 g/mol. The van der Waals surface area contributed by atoms with Gasteiger partial charge in [-0.1, -0.05) is 30.7 Å². The van der Waals surface area contributed by atoms with Gasteiger partial charge in [0.05, 0.1) is 6.04 Å². The van der Waals surface area contributed by atoms with Crippen molar-refractivity contribution in [3.63, 3.8) is 0 Å². The minimum Gasteiger partial charge on any atom is -0.340 e. The van der Waals surface area contributed by atoms with Gasteiger partial charge in [-0.05, 0) is 44.9 Å². The highest BCUT2D eigenvalue weighted by Gasteiger charge is 2.46. The van der Waals surface area contributed by atoms with Crippen LogP contribution in [-0.4, -0.2) is 28.3 Å². The topological polar surface area (TPSA) is 49.4 Å². The smallest absolute Gasteiger partial charge is 0.248 e. The number of hydrogen-bond donors (Lipinski definition) is 1. The van der Waals surface area contributed by atoms with Gasteiger partial charge in [0.15, 0.2) is 0 Å². The second-order valence-electron chi connectivity index (χ2n) is 5.98. The Bertz CT molecular complexity index is 554. The second kappa shape index (κ2) is 5.68. The monoisotopic (exact) mass is 308 g/mol. The van der Waals surface area contributed by atoms with Gasteiger partial charge in [-0.3, -0.25) is 9.59 Å². The first-order valence-corrected chi connectivity index (χ1v) is 7.56. The van der Waals surface area contributed by atoms with Gasteiger partial charge in [0, 0.05) is 5.02 Å². The number of piperazine rings is 1. The van der Waals surface area contributed by atoms with Crippen molar-refractivity contribution in [2.45, 2.75) is 51.7 Å². The Morgan fingerprint density at radius 1 is 1.29 bits per heavy atom. The van der Waals surface area contributed by atoms with Crippen molar-refractivity contribution in [3.05, 3.63) is 34.9 Å². The standard InChI is InChI=1S/C16H21ClN2O2/c1-5-13-14(20)18-16(3,4)15(21)19(13)10(2)11-6-8-12(17)9-7-11/h6-10,13H,5H2,1-4H3,(H,18,20). The summed E-state index contributed by atoms with van der Waals surface area (Å²) in [6.45, 7) is 7.33. The molecule has 1 aromatic carbocycles. The number of benzene rings is 1. The fraction of sp³-hybridized carbons (Fsp3) is 0.500. The van der Waals surface area contributed by atoms with Crippen LogP contribution in [0.25, 0.3) is 0 Å². The zero-order valence-electron chi connectivity index (χ0n) is 12.8. The molecule has 0 radical (unpaired) electrons. The lowest BCUT2D eigenvalue weighted by atomic mass is 9.92. The van der Waals surface area contributed by atoms with Crippen LogP contribution in [0.3, 0.4) is 0 Å². The third-order valence-corrected chi connectivity index (χ3v) is 4.25. The van der Waals surface area contributed by atoms with E-state index in [-0.39, 0.29) is 17.9 Å². The molecular weight excluding hydrogens is 288 g/mol. The van der Waals surface area contributed by atoms with E-state index in [9.17, 15) is 9.59 Å². The van der Waals surface area contributed by atoms with Crippen molar-refractivity contribution in [1.82, 2.24) is 10.2 Å². The van der Waals surface area contributed by atoms with Crippen molar-refractivity contribution >= 4 is 23.4 Å². The molecule has 2 atom stereocenters. The molecule has 0 spiro atoms. The summed E-state index contributed by atoms with van der Waals surface area (Å²) in [7, 11) is 0. The summed E-state index contributed by atoms with van der Waals surface area (Å²) in [5, 5.41) is 3.45. The summed E-state index contributed by atoms with van der Waals surface area (Å²) in [4.78, 5) is 26.7. The van der Waals surface area contributed by atoms with Crippen LogP contribution in [0, 0.1) is 0 Å². The van der Waals surface area contributed by atoms with Crippen molar-refractivity contribution in [2.75, 3.05) is 0 Å². The summed E-state index contributed by atoms with van der Waals surface area (Å²) < 4.78 is 0. The zero-order valence-corrected chi connectivity index (χ0v) is 13.6. The highest BCUT2D eigenvalue weighted by molar-refractivity contribution is 6.30. The lowest BCUT2D eigenvalue weighted by Gasteiger charge is -2.45. The van der Waals surface area contributed by atoms with E-state index in [1.165, 1.54) is 0 Å². The number of nitrogens with one attached hydrogen (secondary N) is 1. The fourth-order valence-electron chi connectivity index (χ4n) is 2.77. The Morgan fingerprint density at radius 3 is 2.38 bits per heavy atom. The Hall–Kier alpha value is -1.55. The Labute approximate surface area is 130 Å². The molecule has 2 rings (SSSR count). The zero-order chi connectivity index (χ0) is 15.8. The molecule has 21 heavy (non-hydrogen) atoms. The molecule has 1 saturated heterocycles. The molecule has 1 heterocycles. The molecule has 1 fully saturated rings. The van der Waals surface area contributed by atoms with Crippen LogP contribution >= 0.6 is 11.6 Å². The number of rotatable bonds is 3. The van der Waals surface area contributed by atoms with Crippen LogP contribution in [0.15, 0.2) is 24.3 Å². The van der Waals surface area contributed by atoms with Crippen LogP contribution in [0.4, 0.5) is 0 Å². The first-order chi connectivity index (χ1) is 9.77. The Morgan fingerprint density at radius 2 is 1.86 bits per heavy atom. The Balaban J connectivity index is 2.39. The maximum absolute atomic E-state index is 12.7. The number of carbonyl (C=O) groups excluding carboxylic acids is 2. The van der Waals surface area contributed by atoms with E-state index in [2.05, 4.69) is 5.32 Å². The average Bonchev–Trinajstić information content (AvgIpc) is 2.42. The van der Waals surface area contributed by atoms with Gasteiger partial charge >= 0.3 is 0 Å². The molecular formula is C16H21ClN2O2. The van der Waals surface area contributed by atoms with Gasteiger partial charge in [-0.2, -0.15) is 0 Å². The lowest BCUT2D eigenvalue weighted by molar-refractivity contribution is -0.156. The van der Waals surface area contributed by atoms with E-state index in [1.807, 2.05) is 26.0 Å². The summed E-state index contributed by atoms with van der Waals surface area (Å²) >= 11 is 5.91. The highest BCUT2D eigenvalue weighted by atomic mass is 35.5. The van der Waals surface area contributed by atoms with Crippen LogP contribution in [0.5, 0.6) is 0 Å². The quantitative estimate of drug-likeness (QED) is 0.933. The van der Waals surface area contributed by atoms with E-state index in [1.54, 1.807) is 30.9 Å². The minimum atomic E-state index is -0.872. The molecule has 4 nitrogen and oxygen atoms in total. The maximum atomic E-state index is 12.7. The van der Waals surface area contributed by atoms with E-state index >= 15 is 0 Å². The number of carbonyl (C=O) groups is 2. The molecule has 5 heteroatoms. The minimum absolute atomic E-state index is 0.0589. The lowest BCUT2D eigenvalue weighted by Crippen LogP contribution is -2.68. The van der Waals surface area contributed by atoms with E-state index in [0.29, 0.717) is 11.4 Å². The number of amides is 2. The van der Waals surface area contributed by atoms with Gasteiger partial charge in [0.2, 0.25) is 11.8 Å². The van der Waals surface area contributed by atoms with Crippen LogP contribution in [-0.2, 0) is 9.59 Å². The molecule has 1 aliphatic rings. The van der Waals surface area contributed by atoms with Gasteiger partial charge in [-0.25, -0.2) is 0 Å². The Kier molecular flexibility index (Phi) is 4.28. The molecule has 1 N–H and O–H groups in total. The van der Waals surface area contributed by atoms with E-state index in [4.69, 9.17) is 11.6 Å². The molecule has 114 valence electrons. The summed E-state index contributed by atoms with van der Waals surface area (Å²) in [5.41, 5.74) is 0.0976. The van der Waals surface area contributed by atoms with Gasteiger partial charge in [0.25, 0.3) is 0 Å². The molecule has 1 aliphatic heterocycles. The third-order valence-electron chi connectivity index (χ3n) is 4.00. The second-order valence-corrected chi connectivity index (χ2v) is 6.41. The molecule has 0 aliphatic carbocycles. The number of hydrogen-bond acceptors (Lipinski definition) is 2. The fourth-order valence-corrected chi connectivity index (χ4v) is 2.89. The van der Waals surface area contributed by atoms with Crippen molar-refractivity contribution < 1.29 is 9.59 Å². The van der Waals surface area contributed by atoms with E-state index in [0.717, 1.165) is 5.56 Å². The van der Waals surface area contributed by atoms with Gasteiger partial charge < -0.3 is 10.2 Å². The van der Waals surface area contributed by atoms with E-state index < -0.39 is 11.6 Å². The summed E-state index contributed by atoms with van der Waals surface area (Å²) in [5.74, 6) is -0.153. The van der Waals surface area contributed by atoms with Crippen LogP contribution in [0.2, 0.25) is 5.02 Å². The molecule has 1 aromatic rings. The predicted octanol–water partition coefficient (Wildman–Crippen LogP) is 2.92. The number of halogens is 1.